The van der Waals surface area contributed by atoms with Crippen molar-refractivity contribution in [3.8, 4) is 0 Å². The first-order valence-corrected chi connectivity index (χ1v) is 4.98. The van der Waals surface area contributed by atoms with Crippen molar-refractivity contribution in [2.75, 3.05) is 20.3 Å². The van der Waals surface area contributed by atoms with Crippen LogP contribution in [-0.4, -0.2) is 42.2 Å². The maximum absolute atomic E-state index is 11.4. The highest BCUT2D eigenvalue weighted by Gasteiger charge is 2.19. The number of carbonyl (C=O) groups excluding carboxylic acids is 1. The number of carboxylic acid groups (broad SMARTS) is 1. The second-order valence-corrected chi connectivity index (χ2v) is 3.44. The Labute approximate surface area is 89.9 Å². The Morgan fingerprint density at radius 2 is 2.40 bits per heavy atom. The number of carboxylic acids is 1. The fraction of sp³-hybridized carbons (Fsp3) is 0.375. The fourth-order valence-corrected chi connectivity index (χ4v) is 1.53. The standard InChI is InChI=1S/C8H10N2O4S/c1-14-3-2-9-7(11)5-6(8(12)13)15-4-10-5/h4H,2-3H2,1H3,(H,9,11)(H,12,13). The number of thiazole rings is 1. The zero-order chi connectivity index (χ0) is 11.3. The third kappa shape index (κ3) is 3.00. The summed E-state index contributed by atoms with van der Waals surface area (Å²) in [4.78, 5) is 25.8. The molecule has 0 aliphatic heterocycles. The number of ether oxygens (including phenoxy) is 1. The summed E-state index contributed by atoms with van der Waals surface area (Å²) in [5.74, 6) is -1.64. The molecule has 0 unspecified atom stereocenters. The van der Waals surface area contributed by atoms with Crippen LogP contribution in [0.1, 0.15) is 20.2 Å². The number of nitrogens with zero attached hydrogens (tertiary/aromatic N) is 1. The molecular formula is C8H10N2O4S. The van der Waals surface area contributed by atoms with Crippen LogP contribution >= 0.6 is 11.3 Å². The quantitative estimate of drug-likeness (QED) is 0.706. The number of nitrogens with one attached hydrogen (secondary N) is 1. The van der Waals surface area contributed by atoms with Gasteiger partial charge in [0.05, 0.1) is 12.1 Å². The second-order valence-electron chi connectivity index (χ2n) is 2.58. The largest absolute Gasteiger partial charge is 0.477 e. The molecule has 7 heteroatoms. The van der Waals surface area contributed by atoms with Gasteiger partial charge in [-0.3, -0.25) is 4.79 Å². The molecule has 0 atom stereocenters. The van der Waals surface area contributed by atoms with Gasteiger partial charge in [-0.05, 0) is 0 Å². The number of methoxy groups -OCH3 is 1. The van der Waals surface area contributed by atoms with Gasteiger partial charge in [-0.25, -0.2) is 9.78 Å². The molecule has 0 saturated carbocycles. The normalized spacial score (nSPS) is 9.93. The van der Waals surface area contributed by atoms with Crippen molar-refractivity contribution >= 4 is 23.2 Å². The topological polar surface area (TPSA) is 88.5 Å². The van der Waals surface area contributed by atoms with Crippen LogP contribution in [-0.2, 0) is 4.74 Å². The summed E-state index contributed by atoms with van der Waals surface area (Å²) < 4.78 is 4.74. The summed E-state index contributed by atoms with van der Waals surface area (Å²) in [5, 5.41) is 11.2. The lowest BCUT2D eigenvalue weighted by Crippen LogP contribution is -2.28. The highest BCUT2D eigenvalue weighted by atomic mass is 32.1. The van der Waals surface area contributed by atoms with E-state index >= 15 is 0 Å². The van der Waals surface area contributed by atoms with Gasteiger partial charge >= 0.3 is 5.97 Å². The average Bonchev–Trinajstić information content (AvgIpc) is 2.66. The zero-order valence-corrected chi connectivity index (χ0v) is 8.84. The van der Waals surface area contributed by atoms with E-state index in [4.69, 9.17) is 9.84 Å². The molecular weight excluding hydrogens is 220 g/mol. The SMILES string of the molecule is COCCNC(=O)c1ncsc1C(=O)O. The summed E-state index contributed by atoms with van der Waals surface area (Å²) in [5.41, 5.74) is 1.28. The van der Waals surface area contributed by atoms with Crippen LogP contribution in [0.15, 0.2) is 5.51 Å². The van der Waals surface area contributed by atoms with Crippen LogP contribution in [0.5, 0.6) is 0 Å². The molecule has 1 amide bonds. The Kier molecular flexibility index (Phi) is 4.19. The molecule has 1 heterocycles. The first-order chi connectivity index (χ1) is 7.16. The van der Waals surface area contributed by atoms with E-state index in [-0.39, 0.29) is 10.6 Å². The first-order valence-electron chi connectivity index (χ1n) is 4.10. The predicted molar refractivity (Wildman–Crippen MR) is 53.3 cm³/mol. The highest BCUT2D eigenvalue weighted by Crippen LogP contribution is 2.12. The zero-order valence-electron chi connectivity index (χ0n) is 8.02. The van der Waals surface area contributed by atoms with E-state index in [2.05, 4.69) is 10.3 Å². The van der Waals surface area contributed by atoms with Crippen LogP contribution < -0.4 is 5.32 Å². The van der Waals surface area contributed by atoms with Gasteiger partial charge in [-0.15, -0.1) is 11.3 Å². The van der Waals surface area contributed by atoms with Gasteiger partial charge in [0.1, 0.15) is 4.88 Å². The predicted octanol–water partition coefficient (Wildman–Crippen LogP) is 0.217. The number of aromatic nitrogens is 1. The number of carbonyl (C=O) groups is 2. The van der Waals surface area contributed by atoms with E-state index in [1.165, 1.54) is 12.6 Å². The Hall–Kier alpha value is -1.47. The Morgan fingerprint density at radius 3 is 3.00 bits per heavy atom. The first kappa shape index (κ1) is 11.6. The number of amides is 1. The molecule has 0 aliphatic carbocycles. The third-order valence-corrected chi connectivity index (χ3v) is 2.38. The van der Waals surface area contributed by atoms with Gasteiger partial charge in [0, 0.05) is 13.7 Å². The lowest BCUT2D eigenvalue weighted by atomic mass is 10.3. The van der Waals surface area contributed by atoms with Crippen molar-refractivity contribution < 1.29 is 19.4 Å². The van der Waals surface area contributed by atoms with Gasteiger partial charge in [0.2, 0.25) is 0 Å². The molecule has 1 aromatic rings. The Balaban J connectivity index is 2.65. The summed E-state index contributed by atoms with van der Waals surface area (Å²) in [7, 11) is 1.51. The number of hydrogen-bond acceptors (Lipinski definition) is 5. The molecule has 6 nitrogen and oxygen atoms in total. The van der Waals surface area contributed by atoms with Crippen LogP contribution in [0.4, 0.5) is 0 Å². The monoisotopic (exact) mass is 230 g/mol. The van der Waals surface area contributed by atoms with Gasteiger partial charge in [0.15, 0.2) is 5.69 Å². The highest BCUT2D eigenvalue weighted by molar-refractivity contribution is 7.12. The van der Waals surface area contributed by atoms with E-state index in [0.29, 0.717) is 13.2 Å². The summed E-state index contributed by atoms with van der Waals surface area (Å²) in [6, 6.07) is 0. The van der Waals surface area contributed by atoms with E-state index < -0.39 is 11.9 Å². The minimum atomic E-state index is -1.14. The van der Waals surface area contributed by atoms with Gasteiger partial charge in [-0.1, -0.05) is 0 Å². The smallest absolute Gasteiger partial charge is 0.348 e. The molecule has 0 spiro atoms. The minimum absolute atomic E-state index is 0.0510. The molecule has 82 valence electrons. The minimum Gasteiger partial charge on any atom is -0.477 e. The number of hydrogen-bond donors (Lipinski definition) is 2. The maximum atomic E-state index is 11.4. The molecule has 1 aromatic heterocycles. The molecule has 0 aliphatic rings. The fourth-order valence-electron chi connectivity index (χ4n) is 0.910. The summed E-state index contributed by atoms with van der Waals surface area (Å²) in [6.07, 6.45) is 0. The number of rotatable bonds is 5. The molecule has 1 rings (SSSR count). The van der Waals surface area contributed by atoms with E-state index in [9.17, 15) is 9.59 Å². The third-order valence-electron chi connectivity index (χ3n) is 1.57. The van der Waals surface area contributed by atoms with E-state index in [1.54, 1.807) is 0 Å². The molecule has 0 fully saturated rings. The van der Waals surface area contributed by atoms with Crippen LogP contribution in [0.3, 0.4) is 0 Å². The summed E-state index contributed by atoms with van der Waals surface area (Å²) >= 11 is 0.922. The Morgan fingerprint density at radius 1 is 1.67 bits per heavy atom. The molecule has 15 heavy (non-hydrogen) atoms. The molecule has 0 aromatic carbocycles. The average molecular weight is 230 g/mol. The van der Waals surface area contributed by atoms with Gasteiger partial charge < -0.3 is 15.2 Å². The van der Waals surface area contributed by atoms with Crippen molar-refractivity contribution in [2.45, 2.75) is 0 Å². The van der Waals surface area contributed by atoms with Crippen LogP contribution in [0.2, 0.25) is 0 Å². The van der Waals surface area contributed by atoms with Crippen molar-refractivity contribution in [3.63, 3.8) is 0 Å². The maximum Gasteiger partial charge on any atom is 0.348 e. The van der Waals surface area contributed by atoms with Gasteiger partial charge in [0.25, 0.3) is 5.91 Å². The molecule has 0 saturated heterocycles. The van der Waals surface area contributed by atoms with E-state index in [1.807, 2.05) is 0 Å². The van der Waals surface area contributed by atoms with E-state index in [0.717, 1.165) is 11.3 Å². The van der Waals surface area contributed by atoms with Crippen molar-refractivity contribution in [1.82, 2.24) is 10.3 Å². The molecule has 0 bridgehead atoms. The van der Waals surface area contributed by atoms with Crippen molar-refractivity contribution in [2.24, 2.45) is 0 Å². The van der Waals surface area contributed by atoms with Crippen LogP contribution in [0.25, 0.3) is 0 Å². The van der Waals surface area contributed by atoms with Crippen molar-refractivity contribution in [3.05, 3.63) is 16.1 Å². The molecule has 0 radical (unpaired) electrons. The second kappa shape index (κ2) is 5.42. The number of aromatic carboxylic acids is 1. The lowest BCUT2D eigenvalue weighted by molar-refractivity contribution is 0.0695. The van der Waals surface area contributed by atoms with Crippen molar-refractivity contribution in [1.29, 1.82) is 0 Å². The lowest BCUT2D eigenvalue weighted by Gasteiger charge is -2.02. The van der Waals surface area contributed by atoms with Crippen LogP contribution in [0, 0.1) is 0 Å². The Bertz CT molecular complexity index is 363. The van der Waals surface area contributed by atoms with Gasteiger partial charge in [-0.2, -0.15) is 0 Å². The summed E-state index contributed by atoms with van der Waals surface area (Å²) in [6.45, 7) is 0.699. The molecule has 2 N–H and O–H groups in total.